The predicted octanol–water partition coefficient (Wildman–Crippen LogP) is 2.47. The van der Waals surface area contributed by atoms with Gasteiger partial charge in [0, 0.05) is 5.56 Å². The Kier molecular flexibility index (Phi) is 3.67. The van der Waals surface area contributed by atoms with E-state index in [0.29, 0.717) is 27.9 Å². The SMILES string of the molecule is CSc1nnc(NC(=O)c2onc3ccc(C=O)cc23)s1. The molecular formula is C12H8N4O3S2. The molecule has 106 valence electrons. The monoisotopic (exact) mass is 320 g/mol. The molecule has 1 aromatic carbocycles. The van der Waals surface area contributed by atoms with Crippen LogP contribution in [0, 0.1) is 0 Å². The van der Waals surface area contributed by atoms with Crippen molar-refractivity contribution in [3.8, 4) is 0 Å². The van der Waals surface area contributed by atoms with Crippen molar-refractivity contribution in [1.82, 2.24) is 15.4 Å². The summed E-state index contributed by atoms with van der Waals surface area (Å²) in [7, 11) is 0. The molecule has 0 saturated carbocycles. The Morgan fingerprint density at radius 1 is 1.43 bits per heavy atom. The first kappa shape index (κ1) is 13.7. The van der Waals surface area contributed by atoms with Crippen molar-refractivity contribution in [2.75, 3.05) is 11.6 Å². The number of aldehydes is 1. The van der Waals surface area contributed by atoms with Crippen molar-refractivity contribution >= 4 is 51.3 Å². The summed E-state index contributed by atoms with van der Waals surface area (Å²) in [4.78, 5) is 23.0. The highest BCUT2D eigenvalue weighted by Gasteiger charge is 2.18. The molecule has 0 bridgehead atoms. The van der Waals surface area contributed by atoms with Crippen LogP contribution in [0.5, 0.6) is 0 Å². The van der Waals surface area contributed by atoms with Crippen molar-refractivity contribution < 1.29 is 14.1 Å². The highest BCUT2D eigenvalue weighted by Crippen LogP contribution is 2.25. The first-order valence-electron chi connectivity index (χ1n) is 5.74. The fourth-order valence-corrected chi connectivity index (χ4v) is 2.86. The van der Waals surface area contributed by atoms with E-state index in [-0.39, 0.29) is 5.76 Å². The van der Waals surface area contributed by atoms with E-state index in [1.54, 1.807) is 18.2 Å². The fourth-order valence-electron chi connectivity index (χ4n) is 1.69. The molecule has 2 aromatic heterocycles. The standard InChI is InChI=1S/C12H8N4O3S2/c1-20-12-15-14-11(21-12)13-10(18)9-7-4-6(5-17)2-3-8(7)16-19-9/h2-5H,1H3,(H,13,14,18). The van der Waals surface area contributed by atoms with Gasteiger partial charge in [0.2, 0.25) is 10.9 Å². The lowest BCUT2D eigenvalue weighted by molar-refractivity contribution is 0.0989. The predicted molar refractivity (Wildman–Crippen MR) is 79.0 cm³/mol. The van der Waals surface area contributed by atoms with Crippen LogP contribution in [0.25, 0.3) is 10.9 Å². The van der Waals surface area contributed by atoms with E-state index in [1.165, 1.54) is 23.1 Å². The lowest BCUT2D eigenvalue weighted by Crippen LogP contribution is -2.11. The van der Waals surface area contributed by atoms with Crippen molar-refractivity contribution in [2.24, 2.45) is 0 Å². The number of rotatable bonds is 4. The van der Waals surface area contributed by atoms with Gasteiger partial charge in [-0.25, -0.2) is 0 Å². The number of benzene rings is 1. The Labute approximate surface area is 126 Å². The van der Waals surface area contributed by atoms with Gasteiger partial charge in [-0.15, -0.1) is 10.2 Å². The van der Waals surface area contributed by atoms with Gasteiger partial charge in [-0.2, -0.15) is 0 Å². The third-order valence-corrected chi connectivity index (χ3v) is 4.46. The first-order valence-corrected chi connectivity index (χ1v) is 7.79. The summed E-state index contributed by atoms with van der Waals surface area (Å²) >= 11 is 2.70. The number of hydrogen-bond acceptors (Lipinski definition) is 8. The maximum absolute atomic E-state index is 12.2. The minimum absolute atomic E-state index is 0.0367. The molecule has 0 unspecified atom stereocenters. The van der Waals surface area contributed by atoms with Crippen molar-refractivity contribution in [2.45, 2.75) is 4.34 Å². The van der Waals surface area contributed by atoms with Gasteiger partial charge < -0.3 is 4.52 Å². The molecule has 3 rings (SSSR count). The maximum atomic E-state index is 12.2. The highest BCUT2D eigenvalue weighted by molar-refractivity contribution is 8.00. The molecule has 1 N–H and O–H groups in total. The topological polar surface area (TPSA) is 98.0 Å². The van der Waals surface area contributed by atoms with Crippen molar-refractivity contribution in [3.05, 3.63) is 29.5 Å². The number of hydrogen-bond donors (Lipinski definition) is 1. The number of thioether (sulfide) groups is 1. The third kappa shape index (κ3) is 2.65. The molecule has 21 heavy (non-hydrogen) atoms. The number of nitrogens with one attached hydrogen (secondary N) is 1. The molecule has 2 heterocycles. The van der Waals surface area contributed by atoms with Crippen LogP contribution in [0.1, 0.15) is 20.9 Å². The number of amides is 1. The fraction of sp³-hybridized carbons (Fsp3) is 0.0833. The van der Waals surface area contributed by atoms with Gasteiger partial charge in [-0.05, 0) is 24.5 Å². The van der Waals surface area contributed by atoms with Crippen LogP contribution in [0.2, 0.25) is 0 Å². The highest BCUT2D eigenvalue weighted by atomic mass is 32.2. The van der Waals surface area contributed by atoms with Crippen LogP contribution in [-0.2, 0) is 0 Å². The smallest absolute Gasteiger partial charge is 0.296 e. The molecule has 7 nitrogen and oxygen atoms in total. The Bertz CT molecular complexity index is 827. The molecule has 0 saturated heterocycles. The van der Waals surface area contributed by atoms with Crippen LogP contribution >= 0.6 is 23.1 Å². The quantitative estimate of drug-likeness (QED) is 0.448. The molecule has 0 aliphatic rings. The number of aromatic nitrogens is 3. The number of carbonyl (C=O) groups is 2. The number of carbonyl (C=O) groups excluding carboxylic acids is 2. The van der Waals surface area contributed by atoms with Gasteiger partial charge in [0.05, 0.1) is 5.39 Å². The lowest BCUT2D eigenvalue weighted by Gasteiger charge is -1.97. The van der Waals surface area contributed by atoms with E-state index in [4.69, 9.17) is 4.52 Å². The maximum Gasteiger partial charge on any atom is 0.296 e. The minimum atomic E-state index is -0.482. The average molecular weight is 320 g/mol. The van der Waals surface area contributed by atoms with Gasteiger partial charge in [0.15, 0.2) is 4.34 Å². The molecule has 0 radical (unpaired) electrons. The Hall–Kier alpha value is -2.26. The zero-order chi connectivity index (χ0) is 14.8. The summed E-state index contributed by atoms with van der Waals surface area (Å²) < 4.78 is 5.80. The molecule has 1 amide bonds. The molecule has 0 fully saturated rings. The molecule has 0 spiro atoms. The van der Waals surface area contributed by atoms with Crippen LogP contribution in [-0.4, -0.2) is 33.8 Å². The van der Waals surface area contributed by atoms with E-state index in [0.717, 1.165) is 4.34 Å². The van der Waals surface area contributed by atoms with E-state index < -0.39 is 5.91 Å². The summed E-state index contributed by atoms with van der Waals surface area (Å²) in [6.45, 7) is 0. The van der Waals surface area contributed by atoms with Crippen molar-refractivity contribution in [1.29, 1.82) is 0 Å². The summed E-state index contributed by atoms with van der Waals surface area (Å²) in [5.74, 6) is -0.445. The number of fused-ring (bicyclic) bond motifs is 1. The first-order chi connectivity index (χ1) is 10.2. The molecule has 9 heteroatoms. The summed E-state index contributed by atoms with van der Waals surface area (Å²) in [5.41, 5.74) is 0.952. The average Bonchev–Trinajstić information content (AvgIpc) is 3.12. The van der Waals surface area contributed by atoms with Gasteiger partial charge in [0.1, 0.15) is 11.8 Å². The van der Waals surface area contributed by atoms with Gasteiger partial charge in [-0.1, -0.05) is 28.3 Å². The summed E-state index contributed by atoms with van der Waals surface area (Å²) in [6, 6.07) is 4.78. The molecular weight excluding hydrogens is 312 g/mol. The second-order valence-corrected chi connectivity index (χ2v) is 5.97. The largest absolute Gasteiger partial charge is 0.350 e. The lowest BCUT2D eigenvalue weighted by atomic mass is 10.1. The van der Waals surface area contributed by atoms with Gasteiger partial charge in [-0.3, -0.25) is 14.9 Å². The minimum Gasteiger partial charge on any atom is -0.350 e. The zero-order valence-corrected chi connectivity index (χ0v) is 12.3. The summed E-state index contributed by atoms with van der Waals surface area (Å²) in [6.07, 6.45) is 2.57. The van der Waals surface area contributed by atoms with E-state index in [9.17, 15) is 9.59 Å². The van der Waals surface area contributed by atoms with Crippen LogP contribution in [0.15, 0.2) is 27.1 Å². The van der Waals surface area contributed by atoms with Crippen LogP contribution in [0.4, 0.5) is 5.13 Å². The summed E-state index contributed by atoms with van der Waals surface area (Å²) in [5, 5.41) is 15.0. The van der Waals surface area contributed by atoms with Crippen LogP contribution in [0.3, 0.4) is 0 Å². The van der Waals surface area contributed by atoms with E-state index >= 15 is 0 Å². The number of anilines is 1. The Morgan fingerprint density at radius 2 is 2.29 bits per heavy atom. The zero-order valence-electron chi connectivity index (χ0n) is 10.7. The molecule has 0 atom stereocenters. The van der Waals surface area contributed by atoms with E-state index in [1.807, 2.05) is 6.26 Å². The van der Waals surface area contributed by atoms with Gasteiger partial charge >= 0.3 is 0 Å². The molecule has 3 aromatic rings. The van der Waals surface area contributed by atoms with Crippen molar-refractivity contribution in [3.63, 3.8) is 0 Å². The second-order valence-electron chi connectivity index (χ2n) is 3.94. The normalized spacial score (nSPS) is 10.7. The van der Waals surface area contributed by atoms with Crippen LogP contribution < -0.4 is 5.32 Å². The Morgan fingerprint density at radius 3 is 3.00 bits per heavy atom. The third-order valence-electron chi connectivity index (χ3n) is 2.64. The second kappa shape index (κ2) is 5.62. The van der Waals surface area contributed by atoms with Gasteiger partial charge in [0.25, 0.3) is 5.91 Å². The molecule has 0 aliphatic carbocycles. The Balaban J connectivity index is 1.92. The number of nitrogens with zero attached hydrogens (tertiary/aromatic N) is 3. The molecule has 0 aliphatic heterocycles. The van der Waals surface area contributed by atoms with E-state index in [2.05, 4.69) is 20.7 Å².